The third-order valence-corrected chi connectivity index (χ3v) is 11.0. The van der Waals surface area contributed by atoms with Crippen molar-refractivity contribution in [1.29, 1.82) is 0 Å². The number of piperidine rings is 1. The van der Waals surface area contributed by atoms with Gasteiger partial charge in [0.05, 0.1) is 35.6 Å². The van der Waals surface area contributed by atoms with Crippen LogP contribution in [0, 0.1) is 12.8 Å². The van der Waals surface area contributed by atoms with E-state index in [1.165, 1.54) is 12.1 Å². The van der Waals surface area contributed by atoms with E-state index in [1.807, 2.05) is 48.7 Å². The van der Waals surface area contributed by atoms with E-state index >= 15 is 0 Å². The van der Waals surface area contributed by atoms with Gasteiger partial charge >= 0.3 is 0 Å². The average molecular weight is 825 g/mol. The molecule has 308 valence electrons. The molecule has 5 amide bonds. The van der Waals surface area contributed by atoms with Gasteiger partial charge in [-0.25, -0.2) is 0 Å². The molecular weight excluding hydrogens is 780 g/mol. The largest absolute Gasteiger partial charge is 0.497 e. The number of aromatic nitrogens is 3. The summed E-state index contributed by atoms with van der Waals surface area (Å²) in [7, 11) is 1.61. The summed E-state index contributed by atoms with van der Waals surface area (Å²) in [6, 6.07) is 16.1. The fourth-order valence-corrected chi connectivity index (χ4v) is 7.91. The number of rotatable bonds is 15. The Balaban J connectivity index is 0.917. The summed E-state index contributed by atoms with van der Waals surface area (Å²) in [5, 5.41) is 28.7. The molecule has 0 saturated carbocycles. The maximum absolute atomic E-state index is 13.9. The highest BCUT2D eigenvalue weighted by atomic mass is 35.5. The van der Waals surface area contributed by atoms with E-state index in [9.17, 15) is 29.1 Å². The lowest BCUT2D eigenvalue weighted by Gasteiger charge is -2.32. The van der Waals surface area contributed by atoms with E-state index in [4.69, 9.17) is 26.1 Å². The van der Waals surface area contributed by atoms with E-state index in [1.54, 1.807) is 25.3 Å². The minimum Gasteiger partial charge on any atom is -0.497 e. The van der Waals surface area contributed by atoms with Gasteiger partial charge in [0.25, 0.3) is 11.8 Å². The Morgan fingerprint density at radius 1 is 1.00 bits per heavy atom. The Hall–Kier alpha value is -6.13. The number of hydrogen-bond acceptors (Lipinski definition) is 11. The average Bonchev–Trinajstić information content (AvgIpc) is 3.68. The van der Waals surface area contributed by atoms with Crippen molar-refractivity contribution < 1.29 is 38.6 Å². The van der Waals surface area contributed by atoms with E-state index in [2.05, 4.69) is 26.1 Å². The number of carbonyl (C=O) groups is 5. The van der Waals surface area contributed by atoms with Gasteiger partial charge in [-0.05, 0) is 81.5 Å². The number of aliphatic hydroxyl groups is 1. The summed E-state index contributed by atoms with van der Waals surface area (Å²) >= 11 is 6.25. The second-order valence-electron chi connectivity index (χ2n) is 14.5. The van der Waals surface area contributed by atoms with Crippen LogP contribution in [0.3, 0.4) is 0 Å². The number of aryl methyl sites for hydroxylation is 1. The van der Waals surface area contributed by atoms with Crippen LogP contribution >= 0.6 is 11.6 Å². The molecule has 3 aliphatic rings. The van der Waals surface area contributed by atoms with Crippen molar-refractivity contribution in [3.63, 3.8) is 0 Å². The first kappa shape index (κ1) is 41.0. The molecule has 0 radical (unpaired) electrons. The summed E-state index contributed by atoms with van der Waals surface area (Å²) in [4.78, 5) is 70.0. The number of nitrogens with one attached hydrogen (secondary N) is 3. The summed E-state index contributed by atoms with van der Waals surface area (Å²) in [5.74, 6) is -0.729. The molecule has 1 saturated heterocycles. The minimum absolute atomic E-state index is 0.0438. The Kier molecular flexibility index (Phi) is 12.4. The first-order valence-electron chi connectivity index (χ1n) is 19.6. The van der Waals surface area contributed by atoms with Crippen LogP contribution < -0.4 is 25.4 Å². The van der Waals surface area contributed by atoms with Crippen molar-refractivity contribution in [2.75, 3.05) is 26.8 Å². The van der Waals surface area contributed by atoms with Crippen LogP contribution in [0.4, 0.5) is 0 Å². The molecule has 3 aromatic carbocycles. The molecule has 0 spiro atoms. The molecule has 7 rings (SSSR count). The van der Waals surface area contributed by atoms with Gasteiger partial charge < -0.3 is 25.2 Å². The number of amides is 5. The van der Waals surface area contributed by atoms with Crippen LogP contribution in [0.25, 0.3) is 5.69 Å². The second-order valence-corrected chi connectivity index (χ2v) is 15.0. The van der Waals surface area contributed by atoms with Crippen molar-refractivity contribution in [2.45, 2.75) is 70.7 Å². The molecule has 0 bridgehead atoms. The quantitative estimate of drug-likeness (QED) is 0.101. The lowest BCUT2D eigenvalue weighted by atomic mass is 9.94. The standard InChI is InChI=1S/C42H45ClN8O8/c1-4-27(37-38-49-48-23(2)50(38)30-16-15-26(58-3)21-29(30)36(47-37)24-11-13-25(43)14-12-24)39(54)45-20-7-5-6-19-44-34(53)22-59-32-10-8-9-28-35(32)42(57)51(41(28)56)31-17-18-33(52)46-40(31)55/h8-16,21,27,31,37,42,57H,4-7,17-20,22H2,1-3H3,(H,44,53)(H,45,54)(H,46,52,55)/t27-,31?,37+,42?/m1/s1. The number of hydrogen-bond donors (Lipinski definition) is 4. The first-order valence-corrected chi connectivity index (χ1v) is 20.0. The van der Waals surface area contributed by atoms with E-state index in [0.29, 0.717) is 60.5 Å². The Morgan fingerprint density at radius 2 is 1.76 bits per heavy atom. The van der Waals surface area contributed by atoms with Gasteiger partial charge in [-0.3, -0.25) is 43.7 Å². The van der Waals surface area contributed by atoms with Crippen LogP contribution in [-0.4, -0.2) is 92.9 Å². The minimum atomic E-state index is -1.48. The molecule has 4 heterocycles. The van der Waals surface area contributed by atoms with Gasteiger partial charge in [-0.2, -0.15) is 0 Å². The molecule has 4 aromatic rings. The fourth-order valence-electron chi connectivity index (χ4n) is 7.78. The Morgan fingerprint density at radius 3 is 2.49 bits per heavy atom. The third-order valence-electron chi connectivity index (χ3n) is 10.8. The lowest BCUT2D eigenvalue weighted by molar-refractivity contribution is -0.139. The Labute approximate surface area is 345 Å². The first-order chi connectivity index (χ1) is 28.5. The molecule has 1 fully saturated rings. The highest BCUT2D eigenvalue weighted by Crippen LogP contribution is 2.41. The summed E-state index contributed by atoms with van der Waals surface area (Å²) < 4.78 is 13.3. The van der Waals surface area contributed by atoms with Gasteiger partial charge in [0, 0.05) is 35.7 Å². The molecule has 17 heteroatoms. The number of aliphatic imine (C=N–C) groups is 1. The molecule has 1 aromatic heterocycles. The maximum atomic E-state index is 13.9. The van der Waals surface area contributed by atoms with E-state index in [0.717, 1.165) is 28.1 Å². The highest BCUT2D eigenvalue weighted by Gasteiger charge is 2.46. The highest BCUT2D eigenvalue weighted by molar-refractivity contribution is 6.30. The maximum Gasteiger partial charge on any atom is 0.257 e. The number of imide groups is 1. The SMILES string of the molecule is CC[C@@H](C(=O)NCCCCCNC(=O)COc1cccc2c1C(O)N(C1CCC(=O)NC1=O)C2=O)[C@@H]1N=C(c2ccc(Cl)cc2)c2cc(OC)ccc2-n2c(C)nnc21. The zero-order chi connectivity index (χ0) is 41.8. The number of aliphatic hydroxyl groups excluding tert-OH is 1. The predicted molar refractivity (Wildman–Crippen MR) is 215 cm³/mol. The van der Waals surface area contributed by atoms with Gasteiger partial charge in [-0.15, -0.1) is 10.2 Å². The van der Waals surface area contributed by atoms with Crippen LogP contribution in [0.15, 0.2) is 65.7 Å². The molecule has 4 atom stereocenters. The second kappa shape index (κ2) is 17.8. The van der Waals surface area contributed by atoms with Crippen molar-refractivity contribution >= 4 is 46.8 Å². The van der Waals surface area contributed by atoms with Crippen molar-refractivity contribution in [1.82, 2.24) is 35.6 Å². The van der Waals surface area contributed by atoms with Crippen LogP contribution in [-0.2, 0) is 19.2 Å². The number of ether oxygens (including phenoxy) is 2. The summed E-state index contributed by atoms with van der Waals surface area (Å²) in [5.41, 5.74) is 3.47. The number of unbranched alkanes of at least 4 members (excludes halogenated alkanes) is 2. The Bertz CT molecular complexity index is 2310. The smallest absolute Gasteiger partial charge is 0.257 e. The van der Waals surface area contributed by atoms with Gasteiger partial charge in [0.1, 0.15) is 29.4 Å². The zero-order valence-corrected chi connectivity index (χ0v) is 33.6. The molecule has 16 nitrogen and oxygen atoms in total. The van der Waals surface area contributed by atoms with Crippen molar-refractivity contribution in [3.8, 4) is 17.2 Å². The number of methoxy groups -OCH3 is 1. The van der Waals surface area contributed by atoms with Gasteiger partial charge in [0.2, 0.25) is 17.7 Å². The molecule has 59 heavy (non-hydrogen) atoms. The number of carbonyl (C=O) groups excluding carboxylic acids is 5. The lowest BCUT2D eigenvalue weighted by Crippen LogP contribution is -2.53. The van der Waals surface area contributed by atoms with Crippen LogP contribution in [0.5, 0.6) is 11.5 Å². The number of halogens is 1. The number of benzene rings is 3. The normalized spacial score (nSPS) is 18.8. The summed E-state index contributed by atoms with van der Waals surface area (Å²) in [6.07, 6.45) is 1.19. The van der Waals surface area contributed by atoms with Crippen molar-refractivity contribution in [2.24, 2.45) is 10.9 Å². The van der Waals surface area contributed by atoms with Crippen LogP contribution in [0.2, 0.25) is 5.02 Å². The summed E-state index contributed by atoms with van der Waals surface area (Å²) in [6.45, 7) is 4.25. The molecule has 0 aliphatic carbocycles. The van der Waals surface area contributed by atoms with Gasteiger partial charge in [-0.1, -0.05) is 36.7 Å². The number of fused-ring (bicyclic) bond motifs is 4. The van der Waals surface area contributed by atoms with E-state index in [-0.39, 0.29) is 42.2 Å². The van der Waals surface area contributed by atoms with Gasteiger partial charge in [0.15, 0.2) is 18.7 Å². The zero-order valence-electron chi connectivity index (χ0n) is 32.9. The van der Waals surface area contributed by atoms with Crippen LogP contribution in [0.1, 0.15) is 96.4 Å². The monoisotopic (exact) mass is 824 g/mol. The number of nitrogens with zero attached hydrogens (tertiary/aromatic N) is 5. The molecule has 3 aliphatic heterocycles. The molecule has 4 N–H and O–H groups in total. The topological polar surface area (TPSA) is 206 Å². The fraction of sp³-hybridized carbons (Fsp3) is 0.381. The molecule has 2 unspecified atom stereocenters. The third kappa shape index (κ3) is 8.41. The predicted octanol–water partition coefficient (Wildman–Crippen LogP) is 3.89. The van der Waals surface area contributed by atoms with Crippen molar-refractivity contribution in [3.05, 3.63) is 99.6 Å². The van der Waals surface area contributed by atoms with E-state index < -0.39 is 47.9 Å². The molecular formula is C42H45ClN8O8.